The van der Waals surface area contributed by atoms with Crippen LogP contribution in [0.2, 0.25) is 18.1 Å². The number of benzene rings is 2. The average molecular weight is 538 g/mol. The fraction of sp³-hybridized carbons (Fsp3) is 0.462. The van der Waals surface area contributed by atoms with Gasteiger partial charge in [0.05, 0.1) is 18.3 Å². The standard InChI is InChI=1S/C26H34F3N3O2SSi/c1-26(2,3)36(4,5)34-16-23-25(33)22(11-12-35(23)18-9-7-6-8-10-18)32-15-21(30-31-32)17-13-19(27)24(29)20(28)14-17/h6-10,13-15,22-23,25,33,35H,11-12,16H2,1-5H3/t22-,23-,25+/m1/s1. The van der Waals surface area contributed by atoms with Crippen LogP contribution in [-0.2, 0) is 4.43 Å². The van der Waals surface area contributed by atoms with Crippen LogP contribution in [0.3, 0.4) is 0 Å². The van der Waals surface area contributed by atoms with Gasteiger partial charge in [0.25, 0.3) is 0 Å². The summed E-state index contributed by atoms with van der Waals surface area (Å²) >= 11 is 0. The second-order valence-corrected chi connectivity index (χ2v) is 18.2. The molecule has 0 amide bonds. The van der Waals surface area contributed by atoms with Gasteiger partial charge in [-0.25, -0.2) is 28.7 Å². The molecule has 36 heavy (non-hydrogen) atoms. The van der Waals surface area contributed by atoms with Crippen LogP contribution in [0.15, 0.2) is 53.6 Å². The van der Waals surface area contributed by atoms with Crippen molar-refractivity contribution in [3.8, 4) is 11.3 Å². The Morgan fingerprint density at radius 1 is 1.11 bits per heavy atom. The van der Waals surface area contributed by atoms with Gasteiger partial charge in [-0.15, -0.1) is 5.10 Å². The smallest absolute Gasteiger partial charge is 0.194 e. The minimum Gasteiger partial charge on any atom is -0.416 e. The van der Waals surface area contributed by atoms with E-state index in [9.17, 15) is 18.3 Å². The van der Waals surface area contributed by atoms with Gasteiger partial charge in [0.1, 0.15) is 5.69 Å². The summed E-state index contributed by atoms with van der Waals surface area (Å²) < 4.78 is 49.0. The average Bonchev–Trinajstić information content (AvgIpc) is 3.31. The summed E-state index contributed by atoms with van der Waals surface area (Å²) in [5, 5.41) is 19.8. The molecule has 1 aliphatic heterocycles. The van der Waals surface area contributed by atoms with Gasteiger partial charge < -0.3 is 9.53 Å². The van der Waals surface area contributed by atoms with E-state index in [2.05, 4.69) is 56.3 Å². The maximum absolute atomic E-state index is 13.8. The molecule has 1 aliphatic rings. The molecule has 0 radical (unpaired) electrons. The van der Waals surface area contributed by atoms with Crippen LogP contribution in [0.1, 0.15) is 33.2 Å². The number of hydrogen-bond donors (Lipinski definition) is 2. The van der Waals surface area contributed by atoms with E-state index in [1.807, 2.05) is 18.2 Å². The third-order valence-electron chi connectivity index (χ3n) is 7.49. The van der Waals surface area contributed by atoms with E-state index in [-0.39, 0.29) is 27.6 Å². The minimum absolute atomic E-state index is 0.0437. The lowest BCUT2D eigenvalue weighted by atomic mass is 10.0. The van der Waals surface area contributed by atoms with Gasteiger partial charge in [0.15, 0.2) is 25.8 Å². The zero-order chi connectivity index (χ0) is 26.3. The van der Waals surface area contributed by atoms with Crippen LogP contribution in [-0.4, -0.2) is 52.1 Å². The number of halogens is 3. The topological polar surface area (TPSA) is 60.2 Å². The molecular formula is C26H34F3N3O2SSi. The van der Waals surface area contributed by atoms with Crippen molar-refractivity contribution in [1.82, 2.24) is 15.0 Å². The Balaban J connectivity index is 1.61. The molecule has 3 aromatic rings. The zero-order valence-electron chi connectivity index (χ0n) is 21.3. The van der Waals surface area contributed by atoms with Crippen molar-refractivity contribution in [2.75, 3.05) is 12.4 Å². The van der Waals surface area contributed by atoms with Crippen molar-refractivity contribution < 1.29 is 22.7 Å². The monoisotopic (exact) mass is 537 g/mol. The van der Waals surface area contributed by atoms with Gasteiger partial charge >= 0.3 is 0 Å². The first kappa shape index (κ1) is 26.9. The molecule has 2 heterocycles. The van der Waals surface area contributed by atoms with E-state index in [0.29, 0.717) is 13.0 Å². The SMILES string of the molecule is CC(C)(C)[Si](C)(C)OC[C@@H]1[C@@H](O)[C@H](n2cc(-c3cc(F)c(F)c(F)c3)nn2)CC[SH]1c1ccccc1. The van der Waals surface area contributed by atoms with Crippen LogP contribution >= 0.6 is 10.9 Å². The molecule has 1 fully saturated rings. The van der Waals surface area contributed by atoms with Crippen LogP contribution in [0.5, 0.6) is 0 Å². The minimum atomic E-state index is -2.04. The molecule has 4 atom stereocenters. The predicted molar refractivity (Wildman–Crippen MR) is 140 cm³/mol. The number of aromatic nitrogens is 3. The Hall–Kier alpha value is -2.14. The van der Waals surface area contributed by atoms with Gasteiger partial charge in [0.2, 0.25) is 0 Å². The third kappa shape index (κ3) is 5.41. The predicted octanol–water partition coefficient (Wildman–Crippen LogP) is 6.12. The van der Waals surface area contributed by atoms with Crippen molar-refractivity contribution in [3.63, 3.8) is 0 Å². The number of aliphatic hydroxyl groups is 1. The normalized spacial score (nSPS) is 24.1. The van der Waals surface area contributed by atoms with Crippen molar-refractivity contribution in [2.24, 2.45) is 0 Å². The lowest BCUT2D eigenvalue weighted by Gasteiger charge is -2.45. The first-order chi connectivity index (χ1) is 16.9. The zero-order valence-corrected chi connectivity index (χ0v) is 23.1. The Kier molecular flexibility index (Phi) is 7.71. The Labute approximate surface area is 214 Å². The van der Waals surface area contributed by atoms with Crippen molar-refractivity contribution in [3.05, 3.63) is 66.1 Å². The molecule has 1 saturated heterocycles. The van der Waals surface area contributed by atoms with Gasteiger partial charge in [-0.05, 0) is 47.3 Å². The lowest BCUT2D eigenvalue weighted by molar-refractivity contribution is 0.0777. The molecule has 0 spiro atoms. The van der Waals surface area contributed by atoms with Crippen LogP contribution in [0, 0.1) is 17.5 Å². The molecule has 1 N–H and O–H groups in total. The van der Waals surface area contributed by atoms with E-state index >= 15 is 0 Å². The fourth-order valence-electron chi connectivity index (χ4n) is 4.25. The molecule has 5 nitrogen and oxygen atoms in total. The summed E-state index contributed by atoms with van der Waals surface area (Å²) in [7, 11) is -2.72. The third-order valence-corrected chi connectivity index (χ3v) is 15.0. The summed E-state index contributed by atoms with van der Waals surface area (Å²) in [4.78, 5) is 1.23. The largest absolute Gasteiger partial charge is 0.416 e. The van der Waals surface area contributed by atoms with E-state index in [4.69, 9.17) is 4.43 Å². The molecule has 1 aromatic heterocycles. The van der Waals surface area contributed by atoms with Crippen LogP contribution < -0.4 is 0 Å². The molecule has 10 heteroatoms. The number of aliphatic hydroxyl groups excluding tert-OH is 1. The van der Waals surface area contributed by atoms with Crippen molar-refractivity contribution in [1.29, 1.82) is 0 Å². The second kappa shape index (κ2) is 10.3. The van der Waals surface area contributed by atoms with E-state index < -0.39 is 42.8 Å². The quantitative estimate of drug-likeness (QED) is 0.226. The van der Waals surface area contributed by atoms with Gasteiger partial charge in [0, 0.05) is 17.4 Å². The van der Waals surface area contributed by atoms with Gasteiger partial charge in [-0.2, -0.15) is 0 Å². The number of nitrogens with zero attached hydrogens (tertiary/aromatic N) is 3. The Bertz CT molecular complexity index is 1180. The molecule has 0 bridgehead atoms. The molecular weight excluding hydrogens is 503 g/mol. The van der Waals surface area contributed by atoms with Crippen molar-refractivity contribution in [2.45, 2.75) is 67.6 Å². The second-order valence-electron chi connectivity index (χ2n) is 10.9. The Morgan fingerprint density at radius 2 is 1.75 bits per heavy atom. The maximum Gasteiger partial charge on any atom is 0.194 e. The van der Waals surface area contributed by atoms with E-state index in [0.717, 1.165) is 17.9 Å². The number of thiol groups is 1. The lowest BCUT2D eigenvalue weighted by Crippen LogP contribution is -2.48. The van der Waals surface area contributed by atoms with Crippen LogP contribution in [0.25, 0.3) is 11.3 Å². The molecule has 196 valence electrons. The molecule has 1 unspecified atom stereocenters. The maximum atomic E-state index is 13.8. The van der Waals surface area contributed by atoms with Crippen molar-refractivity contribution >= 4 is 19.2 Å². The highest BCUT2D eigenvalue weighted by Crippen LogP contribution is 2.50. The fourth-order valence-corrected chi connectivity index (χ4v) is 8.31. The summed E-state index contributed by atoms with van der Waals surface area (Å²) in [6.07, 6.45) is 1.49. The first-order valence-corrected chi connectivity index (χ1v) is 16.6. The highest BCUT2D eigenvalue weighted by Gasteiger charge is 2.42. The summed E-state index contributed by atoms with van der Waals surface area (Å²) in [5.74, 6) is -3.21. The van der Waals surface area contributed by atoms with E-state index in [1.165, 1.54) is 4.90 Å². The molecule has 0 aliphatic carbocycles. The highest BCUT2D eigenvalue weighted by atomic mass is 32.2. The van der Waals surface area contributed by atoms with Gasteiger partial charge in [-0.1, -0.05) is 56.3 Å². The summed E-state index contributed by atoms with van der Waals surface area (Å²) in [6.45, 7) is 11.4. The summed E-state index contributed by atoms with van der Waals surface area (Å²) in [6, 6.07) is 11.7. The van der Waals surface area contributed by atoms with E-state index in [1.54, 1.807) is 10.9 Å². The number of hydrogen-bond acceptors (Lipinski definition) is 4. The summed E-state index contributed by atoms with van der Waals surface area (Å²) in [5.41, 5.74) is 0.303. The van der Waals surface area contributed by atoms with Crippen LogP contribution in [0.4, 0.5) is 13.2 Å². The first-order valence-electron chi connectivity index (χ1n) is 12.1. The highest BCUT2D eigenvalue weighted by molar-refractivity contribution is 8.17. The Morgan fingerprint density at radius 3 is 2.36 bits per heavy atom. The molecule has 2 aromatic carbocycles. The van der Waals surface area contributed by atoms with Gasteiger partial charge in [-0.3, -0.25) is 0 Å². The molecule has 4 rings (SSSR count). The number of rotatable bonds is 6. The molecule has 0 saturated carbocycles.